The second-order valence-corrected chi connectivity index (χ2v) is 37.8. The zero-order valence-electron chi connectivity index (χ0n) is 81.0. The molecule has 1 aliphatic rings. The summed E-state index contributed by atoms with van der Waals surface area (Å²) >= 11 is 0. The van der Waals surface area contributed by atoms with Crippen LogP contribution >= 0.6 is 0 Å². The maximum atomic E-state index is 14.9. The van der Waals surface area contributed by atoms with Crippen molar-refractivity contribution in [1.29, 1.82) is 0 Å². The molecule has 12 nitrogen and oxygen atoms in total. The van der Waals surface area contributed by atoms with Gasteiger partial charge in [0.05, 0.1) is 0 Å². The fourth-order valence-electron chi connectivity index (χ4n) is 18.0. The molecule has 1 rings (SSSR count). The van der Waals surface area contributed by atoms with E-state index in [0.717, 1.165) is 154 Å². The number of hydrogen-bond acceptors (Lipinski definition) is 12. The van der Waals surface area contributed by atoms with E-state index < -0.39 is 72.4 Å². The third-order valence-corrected chi connectivity index (χ3v) is 26.0. The van der Waals surface area contributed by atoms with Gasteiger partial charge in [0, 0.05) is 38.5 Å². The van der Waals surface area contributed by atoms with Crippen molar-refractivity contribution in [3.63, 3.8) is 0 Å². The predicted octanol–water partition coefficient (Wildman–Crippen LogP) is 34.7. The van der Waals surface area contributed by atoms with E-state index in [1.807, 2.05) is 0 Å². The molecule has 1 saturated carbocycles. The van der Waals surface area contributed by atoms with Crippen molar-refractivity contribution in [3.05, 3.63) is 0 Å². The van der Waals surface area contributed by atoms with Gasteiger partial charge in [0.15, 0.2) is 36.6 Å². The van der Waals surface area contributed by atoms with Crippen LogP contribution in [-0.4, -0.2) is 72.4 Å². The first-order chi connectivity index (χ1) is 59.1. The Morgan fingerprint density at radius 1 is 0.117 bits per heavy atom. The fraction of sp³-hybridized carbons (Fsp3) is 0.944. The molecule has 0 aromatic heterocycles. The van der Waals surface area contributed by atoms with Gasteiger partial charge in [-0.05, 0) is 38.5 Å². The summed E-state index contributed by atoms with van der Waals surface area (Å²) in [4.78, 5) is 89.2. The van der Waals surface area contributed by atoms with Crippen LogP contribution < -0.4 is 0 Å². The zero-order chi connectivity index (χ0) is 86.8. The van der Waals surface area contributed by atoms with Gasteiger partial charge in [0.1, 0.15) is 0 Å². The minimum absolute atomic E-state index is 0.0543. The van der Waals surface area contributed by atoms with E-state index in [0.29, 0.717) is 38.5 Å². The molecular formula is C108H204O12. The first-order valence-corrected chi connectivity index (χ1v) is 54.2. The van der Waals surface area contributed by atoms with Gasteiger partial charge in [-0.3, -0.25) is 28.8 Å². The van der Waals surface area contributed by atoms with Crippen LogP contribution in [0.5, 0.6) is 0 Å². The summed E-state index contributed by atoms with van der Waals surface area (Å²) in [5.74, 6) is -3.45. The highest BCUT2D eigenvalue weighted by Gasteiger charge is 2.61. The lowest BCUT2D eigenvalue weighted by molar-refractivity contribution is -0.262. The fourth-order valence-corrected chi connectivity index (χ4v) is 18.0. The zero-order valence-corrected chi connectivity index (χ0v) is 81.0. The van der Waals surface area contributed by atoms with Gasteiger partial charge >= 0.3 is 35.8 Å². The molecule has 1 aliphatic carbocycles. The number of rotatable bonds is 96. The van der Waals surface area contributed by atoms with Crippen molar-refractivity contribution in [3.8, 4) is 0 Å². The second kappa shape index (κ2) is 92.0. The molecule has 0 bridgehead atoms. The van der Waals surface area contributed by atoms with Crippen molar-refractivity contribution in [1.82, 2.24) is 0 Å². The van der Waals surface area contributed by atoms with E-state index in [1.165, 1.54) is 347 Å². The lowest BCUT2D eigenvalue weighted by Crippen LogP contribution is -2.69. The summed E-state index contributed by atoms with van der Waals surface area (Å²) in [5, 5.41) is 0. The van der Waals surface area contributed by atoms with Gasteiger partial charge in [0.2, 0.25) is 0 Å². The summed E-state index contributed by atoms with van der Waals surface area (Å²) in [6.45, 7) is 13.6. The Morgan fingerprint density at radius 2 is 0.183 bits per heavy atom. The topological polar surface area (TPSA) is 158 Å². The molecule has 0 radical (unpaired) electrons. The molecule has 708 valence electrons. The van der Waals surface area contributed by atoms with E-state index in [-0.39, 0.29) is 38.5 Å². The van der Waals surface area contributed by atoms with E-state index in [4.69, 9.17) is 28.4 Å². The molecule has 0 spiro atoms. The Bertz CT molecular complexity index is 1800. The first kappa shape index (κ1) is 115. The number of hydrogen-bond donors (Lipinski definition) is 0. The maximum absolute atomic E-state index is 14.9. The number of carbonyl (C=O) groups is 6. The van der Waals surface area contributed by atoms with Crippen molar-refractivity contribution < 1.29 is 57.2 Å². The van der Waals surface area contributed by atoms with E-state index in [9.17, 15) is 28.8 Å². The Kier molecular flexibility index (Phi) is 88.0. The summed E-state index contributed by atoms with van der Waals surface area (Å²) in [6, 6.07) is 0. The third kappa shape index (κ3) is 75.0. The van der Waals surface area contributed by atoms with Crippen molar-refractivity contribution in [2.24, 2.45) is 0 Å². The van der Waals surface area contributed by atoms with Crippen molar-refractivity contribution >= 4 is 35.8 Å². The Morgan fingerprint density at radius 3 is 0.258 bits per heavy atom. The highest BCUT2D eigenvalue weighted by Crippen LogP contribution is 2.37. The predicted molar refractivity (Wildman–Crippen MR) is 509 cm³/mol. The summed E-state index contributed by atoms with van der Waals surface area (Å²) < 4.78 is 40.1. The minimum atomic E-state index is -1.57. The molecule has 1 fully saturated rings. The highest BCUT2D eigenvalue weighted by atomic mass is 16.7. The quantitative estimate of drug-likeness (QED) is 0.0323. The molecule has 0 N–H and O–H groups in total. The van der Waals surface area contributed by atoms with Crippen LogP contribution in [0.1, 0.15) is 619 Å². The van der Waals surface area contributed by atoms with Gasteiger partial charge in [-0.2, -0.15) is 0 Å². The van der Waals surface area contributed by atoms with Crippen molar-refractivity contribution in [2.45, 2.75) is 656 Å². The lowest BCUT2D eigenvalue weighted by Gasteiger charge is -2.47. The highest BCUT2D eigenvalue weighted by molar-refractivity contribution is 5.74. The Hall–Kier alpha value is -3.18. The van der Waals surface area contributed by atoms with Crippen LogP contribution in [0, 0.1) is 0 Å². The molecule has 0 aromatic carbocycles. The maximum Gasteiger partial charge on any atom is 0.306 e. The summed E-state index contributed by atoms with van der Waals surface area (Å²) in [6.07, 6.45) is 88.5. The lowest BCUT2D eigenvalue weighted by atomic mass is 9.83. The smallest absolute Gasteiger partial charge is 0.306 e. The van der Waals surface area contributed by atoms with Gasteiger partial charge in [0.25, 0.3) is 0 Å². The molecule has 12 heteroatoms. The third-order valence-electron chi connectivity index (χ3n) is 26.0. The second-order valence-electron chi connectivity index (χ2n) is 37.8. The summed E-state index contributed by atoms with van der Waals surface area (Å²) in [7, 11) is 0. The molecule has 0 aliphatic heterocycles. The number of esters is 6. The van der Waals surface area contributed by atoms with Crippen molar-refractivity contribution in [2.75, 3.05) is 0 Å². The number of carbonyl (C=O) groups excluding carboxylic acids is 6. The molecule has 0 unspecified atom stereocenters. The van der Waals surface area contributed by atoms with E-state index in [1.54, 1.807) is 0 Å². The monoisotopic (exact) mass is 1690 g/mol. The Labute approximate surface area is 744 Å². The largest absolute Gasteiger partial charge is 0.454 e. The van der Waals surface area contributed by atoms with Crippen LogP contribution in [0.4, 0.5) is 0 Å². The standard InChI is InChI=1S/C108H204O12/c1-7-13-19-25-31-37-43-49-55-61-67-73-79-85-91-97(109)115-103-104(116-98(110)92-86-80-74-68-62-56-50-44-38-32-26-20-14-8-2)106(118-100(112)94-88-82-76-70-64-58-52-46-40-34-28-22-16-10-4)108(120-102(114)96-90-84-78-72-66-60-54-48-42-36-30-24-18-12-6)107(119-101(113)95-89-83-77-71-65-59-53-47-41-35-29-23-17-11-5)105(103)117-99(111)93-87-81-75-69-63-57-51-45-39-33-27-21-15-9-3/h103-108H,7-96H2,1-6H3. The average Bonchev–Trinajstić information content (AvgIpc) is 0.756. The van der Waals surface area contributed by atoms with Gasteiger partial charge in [-0.15, -0.1) is 0 Å². The molecule has 120 heavy (non-hydrogen) atoms. The van der Waals surface area contributed by atoms with Crippen LogP contribution in [0.2, 0.25) is 0 Å². The average molecular weight is 1690 g/mol. The van der Waals surface area contributed by atoms with E-state index in [2.05, 4.69) is 41.5 Å². The van der Waals surface area contributed by atoms with Crippen LogP contribution in [0.3, 0.4) is 0 Å². The SMILES string of the molecule is CCCCCCCCCCCCCCCCC(=O)OC1C(OC(=O)CCCCCCCCCCCCCCCC)C(OC(=O)CCCCCCCCCCCCCCCC)C(OC(=O)CCCCCCCCCCCCCCCC)C(OC(=O)CCCCCCCCCCCCCCCC)C1OC(=O)CCCCCCCCCCCCCCCC. The molecular weight excluding hydrogens is 1490 g/mol. The van der Waals surface area contributed by atoms with Crippen LogP contribution in [0.15, 0.2) is 0 Å². The van der Waals surface area contributed by atoms with Gasteiger partial charge in [-0.25, -0.2) is 0 Å². The normalized spacial score (nSPS) is 15.9. The summed E-state index contributed by atoms with van der Waals surface area (Å²) in [5.41, 5.74) is 0. The number of ether oxygens (including phenoxy) is 6. The molecule has 0 atom stereocenters. The number of unbranched alkanes of at least 4 members (excludes halogenated alkanes) is 78. The van der Waals surface area contributed by atoms with Gasteiger partial charge in [-0.1, -0.05) is 542 Å². The molecule has 0 saturated heterocycles. The first-order valence-electron chi connectivity index (χ1n) is 54.2. The minimum Gasteiger partial charge on any atom is -0.454 e. The van der Waals surface area contributed by atoms with Gasteiger partial charge < -0.3 is 28.4 Å². The molecule has 0 heterocycles. The van der Waals surface area contributed by atoms with E-state index >= 15 is 0 Å². The molecule has 0 amide bonds. The van der Waals surface area contributed by atoms with Crippen LogP contribution in [-0.2, 0) is 57.2 Å². The van der Waals surface area contributed by atoms with Crippen LogP contribution in [0.25, 0.3) is 0 Å². The molecule has 0 aromatic rings. The Balaban J connectivity index is 3.90.